The van der Waals surface area contributed by atoms with E-state index < -0.39 is 41.1 Å². The molecule has 3 aliphatic heterocycles. The van der Waals surface area contributed by atoms with Gasteiger partial charge in [0.25, 0.3) is 0 Å². The number of nitrogens with one attached hydrogen (secondary N) is 1. The van der Waals surface area contributed by atoms with Crippen LogP contribution in [0.3, 0.4) is 0 Å². The fraction of sp³-hybridized carbons (Fsp3) is 0.850. The number of aliphatic hydroxyl groups excluding tert-OH is 1. The number of ether oxygens (including phenoxy) is 2. The van der Waals surface area contributed by atoms with E-state index in [9.17, 15) is 19.5 Å². The van der Waals surface area contributed by atoms with Gasteiger partial charge in [-0.15, -0.1) is 0 Å². The van der Waals surface area contributed by atoms with Gasteiger partial charge in [0, 0.05) is 6.04 Å². The van der Waals surface area contributed by atoms with Gasteiger partial charge in [-0.3, -0.25) is 14.4 Å². The third kappa shape index (κ3) is 2.68. The van der Waals surface area contributed by atoms with Crippen molar-refractivity contribution in [1.82, 2.24) is 10.2 Å². The lowest BCUT2D eigenvalue weighted by molar-refractivity contribution is -0.162. The van der Waals surface area contributed by atoms with E-state index in [1.54, 1.807) is 13.8 Å². The topological polar surface area (TPSA) is 105 Å². The van der Waals surface area contributed by atoms with E-state index in [0.717, 1.165) is 0 Å². The SMILES string of the molecule is CCOC(=O)[C@@H]1[C@H]2C(=O)N([C@H](C)CO)C(C(=O)NC(C)C)C23CC(C)[C@@]1(C)O3. The predicted octanol–water partition coefficient (Wildman–Crippen LogP) is 0.466. The van der Waals surface area contributed by atoms with Crippen molar-refractivity contribution in [3.63, 3.8) is 0 Å². The lowest BCUT2D eigenvalue weighted by atomic mass is 9.62. The van der Waals surface area contributed by atoms with Crippen molar-refractivity contribution in [2.45, 2.75) is 77.3 Å². The fourth-order valence-corrected chi connectivity index (χ4v) is 5.49. The third-order valence-corrected chi connectivity index (χ3v) is 6.71. The number of hydrogen-bond donors (Lipinski definition) is 2. The summed E-state index contributed by atoms with van der Waals surface area (Å²) in [7, 11) is 0. The maximum Gasteiger partial charge on any atom is 0.312 e. The maximum atomic E-state index is 13.5. The van der Waals surface area contributed by atoms with E-state index in [0.29, 0.717) is 6.42 Å². The van der Waals surface area contributed by atoms with Crippen molar-refractivity contribution < 1.29 is 29.0 Å². The van der Waals surface area contributed by atoms with Crippen LogP contribution >= 0.6 is 0 Å². The Morgan fingerprint density at radius 1 is 1.39 bits per heavy atom. The number of rotatable bonds is 6. The summed E-state index contributed by atoms with van der Waals surface area (Å²) in [5, 5.41) is 12.6. The first-order valence-electron chi connectivity index (χ1n) is 10.1. The van der Waals surface area contributed by atoms with Gasteiger partial charge >= 0.3 is 5.97 Å². The highest BCUT2D eigenvalue weighted by atomic mass is 16.6. The number of likely N-dealkylation sites (tertiary alicyclic amines) is 1. The molecule has 3 saturated heterocycles. The van der Waals surface area contributed by atoms with Crippen molar-refractivity contribution >= 4 is 17.8 Å². The smallest absolute Gasteiger partial charge is 0.312 e. The predicted molar refractivity (Wildman–Crippen MR) is 100 cm³/mol. The molecule has 3 unspecified atom stereocenters. The zero-order chi connectivity index (χ0) is 21.0. The average molecular weight is 396 g/mol. The number of hydrogen-bond acceptors (Lipinski definition) is 6. The summed E-state index contributed by atoms with van der Waals surface area (Å²) in [6.45, 7) is 10.9. The van der Waals surface area contributed by atoms with Gasteiger partial charge in [0.15, 0.2) is 0 Å². The molecule has 3 rings (SSSR count). The minimum absolute atomic E-state index is 0.0234. The highest BCUT2D eigenvalue weighted by Gasteiger charge is 2.80. The molecule has 0 aromatic rings. The second-order valence-corrected chi connectivity index (χ2v) is 8.90. The molecule has 0 radical (unpaired) electrons. The lowest BCUT2D eigenvalue weighted by Gasteiger charge is -2.36. The molecule has 2 amide bonds. The lowest BCUT2D eigenvalue weighted by Crippen LogP contribution is -2.58. The quantitative estimate of drug-likeness (QED) is 0.632. The van der Waals surface area contributed by atoms with Crippen LogP contribution in [-0.4, -0.2) is 70.3 Å². The van der Waals surface area contributed by atoms with E-state index in [1.807, 2.05) is 27.7 Å². The molecule has 158 valence electrons. The number of esters is 1. The van der Waals surface area contributed by atoms with Crippen LogP contribution in [0.25, 0.3) is 0 Å². The standard InChI is InChI=1S/C20H32N2O6/c1-7-27-18(26)14-13-17(25)22(12(5)9-23)15(16(24)21-10(2)3)20(13)8-11(4)19(14,6)28-20/h10-15,23H,7-9H2,1-6H3,(H,21,24)/t11?,12-,13+,14+,15?,19-,20?/m1/s1. The van der Waals surface area contributed by atoms with Crippen molar-refractivity contribution in [1.29, 1.82) is 0 Å². The zero-order valence-corrected chi connectivity index (χ0v) is 17.5. The van der Waals surface area contributed by atoms with Crippen LogP contribution in [-0.2, 0) is 23.9 Å². The molecule has 2 N–H and O–H groups in total. The highest BCUT2D eigenvalue weighted by Crippen LogP contribution is 2.65. The van der Waals surface area contributed by atoms with Crippen molar-refractivity contribution in [3.05, 3.63) is 0 Å². The van der Waals surface area contributed by atoms with Gasteiger partial charge in [0.1, 0.15) is 17.6 Å². The van der Waals surface area contributed by atoms with E-state index in [2.05, 4.69) is 5.32 Å². The minimum Gasteiger partial charge on any atom is -0.466 e. The Balaban J connectivity index is 2.12. The third-order valence-electron chi connectivity index (χ3n) is 6.71. The van der Waals surface area contributed by atoms with E-state index in [1.165, 1.54) is 4.90 Å². The highest BCUT2D eigenvalue weighted by molar-refractivity contribution is 5.98. The van der Waals surface area contributed by atoms with E-state index in [-0.39, 0.29) is 37.0 Å². The molecular weight excluding hydrogens is 364 g/mol. The molecule has 8 nitrogen and oxygen atoms in total. The molecule has 8 heteroatoms. The molecule has 2 bridgehead atoms. The number of amides is 2. The number of carbonyl (C=O) groups is 3. The van der Waals surface area contributed by atoms with Crippen molar-refractivity contribution in [3.8, 4) is 0 Å². The number of nitrogens with zero attached hydrogens (tertiary/aromatic N) is 1. The van der Waals surface area contributed by atoms with Crippen LogP contribution in [0.5, 0.6) is 0 Å². The molecular formula is C20H32N2O6. The summed E-state index contributed by atoms with van der Waals surface area (Å²) < 4.78 is 11.8. The Morgan fingerprint density at radius 3 is 2.57 bits per heavy atom. The summed E-state index contributed by atoms with van der Waals surface area (Å²) in [6.07, 6.45) is 0.501. The molecule has 0 aromatic heterocycles. The van der Waals surface area contributed by atoms with Crippen LogP contribution < -0.4 is 5.32 Å². The van der Waals surface area contributed by atoms with Gasteiger partial charge in [-0.25, -0.2) is 0 Å². The monoisotopic (exact) mass is 396 g/mol. The second-order valence-electron chi connectivity index (χ2n) is 8.90. The Kier molecular flexibility index (Phi) is 5.25. The first-order chi connectivity index (χ1) is 13.0. The first kappa shape index (κ1) is 21.0. The van der Waals surface area contributed by atoms with Gasteiger partial charge in [0.05, 0.1) is 30.8 Å². The minimum atomic E-state index is -1.09. The first-order valence-corrected chi connectivity index (χ1v) is 10.1. The van der Waals surface area contributed by atoms with E-state index >= 15 is 0 Å². The molecule has 0 aliphatic carbocycles. The van der Waals surface area contributed by atoms with Crippen LogP contribution in [0.4, 0.5) is 0 Å². The second kappa shape index (κ2) is 6.99. The maximum absolute atomic E-state index is 13.5. The number of carbonyl (C=O) groups excluding carboxylic acids is 3. The summed E-state index contributed by atoms with van der Waals surface area (Å²) in [6, 6.07) is -1.57. The van der Waals surface area contributed by atoms with Crippen LogP contribution in [0, 0.1) is 17.8 Å². The summed E-state index contributed by atoms with van der Waals surface area (Å²) in [5.74, 6) is -2.67. The van der Waals surface area contributed by atoms with Gasteiger partial charge in [0.2, 0.25) is 11.8 Å². The molecule has 0 saturated carbocycles. The number of aliphatic hydroxyl groups is 1. The summed E-state index contributed by atoms with van der Waals surface area (Å²) >= 11 is 0. The average Bonchev–Trinajstić information content (AvgIpc) is 3.11. The number of fused-ring (bicyclic) bond motifs is 1. The van der Waals surface area contributed by atoms with Gasteiger partial charge in [-0.2, -0.15) is 0 Å². The Morgan fingerprint density at radius 2 is 2.04 bits per heavy atom. The fourth-order valence-electron chi connectivity index (χ4n) is 5.49. The molecule has 3 fully saturated rings. The Bertz CT molecular complexity index is 682. The zero-order valence-electron chi connectivity index (χ0n) is 17.5. The van der Waals surface area contributed by atoms with E-state index in [4.69, 9.17) is 9.47 Å². The summed E-state index contributed by atoms with van der Waals surface area (Å²) in [4.78, 5) is 40.9. The Hall–Kier alpha value is -1.67. The molecule has 3 heterocycles. The molecule has 1 spiro atoms. The van der Waals surface area contributed by atoms with Gasteiger partial charge in [-0.1, -0.05) is 6.92 Å². The largest absolute Gasteiger partial charge is 0.466 e. The molecule has 28 heavy (non-hydrogen) atoms. The molecule has 7 atom stereocenters. The van der Waals surface area contributed by atoms with Crippen LogP contribution in [0.15, 0.2) is 0 Å². The van der Waals surface area contributed by atoms with Gasteiger partial charge < -0.3 is 24.8 Å². The van der Waals surface area contributed by atoms with Crippen molar-refractivity contribution in [2.75, 3.05) is 13.2 Å². The van der Waals surface area contributed by atoms with Crippen molar-refractivity contribution in [2.24, 2.45) is 17.8 Å². The van der Waals surface area contributed by atoms with Crippen LogP contribution in [0.2, 0.25) is 0 Å². The normalized spacial score (nSPS) is 40.0. The molecule has 0 aromatic carbocycles. The summed E-state index contributed by atoms with van der Waals surface area (Å²) in [5.41, 5.74) is -1.96. The Labute approximate surface area is 165 Å². The van der Waals surface area contributed by atoms with Crippen LogP contribution in [0.1, 0.15) is 48.0 Å². The van der Waals surface area contributed by atoms with Gasteiger partial charge in [-0.05, 0) is 47.0 Å². The molecule has 3 aliphatic rings.